The summed E-state index contributed by atoms with van der Waals surface area (Å²) in [6, 6.07) is 6.36. The Kier molecular flexibility index (Phi) is 5.85. The van der Waals surface area contributed by atoms with Gasteiger partial charge in [0.1, 0.15) is 11.6 Å². The van der Waals surface area contributed by atoms with Crippen molar-refractivity contribution in [2.75, 3.05) is 7.05 Å². The number of carboxylic acids is 1. The first-order valence-electron chi connectivity index (χ1n) is 7.31. The molecule has 0 heterocycles. The molecule has 1 aromatic carbocycles. The number of aliphatic carboxylic acids is 1. The highest BCUT2D eigenvalue weighted by Gasteiger charge is 2.42. The van der Waals surface area contributed by atoms with E-state index in [-0.39, 0.29) is 0 Å². The SMILES string of the molecule is CN(C(=O)OC(C)(C)C)C(C(=O)O)C(C)(C)c1cccc(Br)c1. The van der Waals surface area contributed by atoms with Crippen LogP contribution in [-0.2, 0) is 14.9 Å². The molecule has 1 aromatic rings. The van der Waals surface area contributed by atoms with Crippen molar-refractivity contribution in [1.29, 1.82) is 0 Å². The van der Waals surface area contributed by atoms with Gasteiger partial charge in [-0.2, -0.15) is 0 Å². The molecule has 0 fully saturated rings. The molecular weight excluding hydrogens is 362 g/mol. The first-order chi connectivity index (χ1) is 10.4. The van der Waals surface area contributed by atoms with E-state index in [0.717, 1.165) is 14.9 Å². The lowest BCUT2D eigenvalue weighted by atomic mass is 9.77. The summed E-state index contributed by atoms with van der Waals surface area (Å²) in [5.41, 5.74) is -0.676. The van der Waals surface area contributed by atoms with Crippen molar-refractivity contribution in [1.82, 2.24) is 4.90 Å². The zero-order chi connectivity index (χ0) is 18.0. The summed E-state index contributed by atoms with van der Waals surface area (Å²) in [5, 5.41) is 9.70. The maximum absolute atomic E-state index is 12.3. The number of carboxylic acid groups (broad SMARTS) is 1. The van der Waals surface area contributed by atoms with Gasteiger partial charge in [-0.15, -0.1) is 0 Å². The average molecular weight is 386 g/mol. The molecular formula is C17H24BrNO4. The average Bonchev–Trinajstić information content (AvgIpc) is 2.35. The fourth-order valence-corrected chi connectivity index (χ4v) is 2.84. The molecule has 0 bridgehead atoms. The van der Waals surface area contributed by atoms with Crippen LogP contribution in [0, 0.1) is 0 Å². The Labute approximate surface area is 145 Å². The van der Waals surface area contributed by atoms with Crippen LogP contribution in [0.2, 0.25) is 0 Å². The normalized spacial score (nSPS) is 13.3. The van der Waals surface area contributed by atoms with Crippen molar-refractivity contribution in [2.45, 2.75) is 51.7 Å². The van der Waals surface area contributed by atoms with Gasteiger partial charge in [0, 0.05) is 16.9 Å². The predicted molar refractivity (Wildman–Crippen MR) is 92.6 cm³/mol. The Morgan fingerprint density at radius 1 is 1.22 bits per heavy atom. The molecule has 0 aliphatic rings. The predicted octanol–water partition coefficient (Wildman–Crippen LogP) is 4.05. The minimum atomic E-state index is -1.08. The van der Waals surface area contributed by atoms with Crippen LogP contribution in [0.5, 0.6) is 0 Å². The third kappa shape index (κ3) is 4.96. The second kappa shape index (κ2) is 6.91. The molecule has 0 saturated heterocycles. The number of ether oxygens (including phenoxy) is 1. The Bertz CT molecular complexity index is 593. The van der Waals surface area contributed by atoms with Crippen molar-refractivity contribution < 1.29 is 19.4 Å². The third-order valence-corrected chi connectivity index (χ3v) is 4.05. The summed E-state index contributed by atoms with van der Waals surface area (Å²) in [5.74, 6) is -1.08. The molecule has 0 saturated carbocycles. The van der Waals surface area contributed by atoms with Crippen LogP contribution in [0.25, 0.3) is 0 Å². The molecule has 0 radical (unpaired) electrons. The van der Waals surface area contributed by atoms with Crippen molar-refractivity contribution in [2.24, 2.45) is 0 Å². The van der Waals surface area contributed by atoms with Crippen LogP contribution < -0.4 is 0 Å². The number of hydrogen-bond acceptors (Lipinski definition) is 3. The molecule has 0 aliphatic carbocycles. The van der Waals surface area contributed by atoms with E-state index in [2.05, 4.69) is 15.9 Å². The molecule has 0 spiro atoms. The minimum absolute atomic E-state index is 0.659. The third-order valence-electron chi connectivity index (χ3n) is 3.55. The number of likely N-dealkylation sites (N-methyl/N-ethyl adjacent to an activating group) is 1. The number of carbonyl (C=O) groups excluding carboxylic acids is 1. The summed E-state index contributed by atoms with van der Waals surface area (Å²) in [7, 11) is 1.45. The Morgan fingerprint density at radius 2 is 1.78 bits per heavy atom. The van der Waals surface area contributed by atoms with Gasteiger partial charge in [0.25, 0.3) is 0 Å². The monoisotopic (exact) mass is 385 g/mol. The smallest absolute Gasteiger partial charge is 0.410 e. The first kappa shape index (κ1) is 19.5. The summed E-state index contributed by atoms with van der Waals surface area (Å²) >= 11 is 3.39. The highest BCUT2D eigenvalue weighted by atomic mass is 79.9. The van der Waals surface area contributed by atoms with E-state index in [4.69, 9.17) is 4.74 Å². The molecule has 6 heteroatoms. The highest BCUT2D eigenvalue weighted by molar-refractivity contribution is 9.10. The van der Waals surface area contributed by atoms with Gasteiger partial charge in [0.15, 0.2) is 0 Å². The number of carbonyl (C=O) groups is 2. The molecule has 1 N–H and O–H groups in total. The van der Waals surface area contributed by atoms with Crippen molar-refractivity contribution in [3.05, 3.63) is 34.3 Å². The second-order valence-corrected chi connectivity index (χ2v) is 7.98. The molecule has 1 unspecified atom stereocenters. The fourth-order valence-electron chi connectivity index (χ4n) is 2.44. The van der Waals surface area contributed by atoms with Crippen molar-refractivity contribution >= 4 is 28.0 Å². The van der Waals surface area contributed by atoms with E-state index in [0.29, 0.717) is 0 Å². The maximum Gasteiger partial charge on any atom is 0.410 e. The lowest BCUT2D eigenvalue weighted by Crippen LogP contribution is -2.54. The van der Waals surface area contributed by atoms with Gasteiger partial charge in [0.05, 0.1) is 0 Å². The zero-order valence-corrected chi connectivity index (χ0v) is 16.0. The molecule has 1 rings (SSSR count). The fraction of sp³-hybridized carbons (Fsp3) is 0.529. The lowest BCUT2D eigenvalue weighted by molar-refractivity contribution is -0.145. The molecule has 128 valence electrons. The maximum atomic E-state index is 12.3. The molecule has 1 atom stereocenters. The highest BCUT2D eigenvalue weighted by Crippen LogP contribution is 2.32. The standard InChI is InChI=1S/C17H24BrNO4/c1-16(2,3)23-15(22)19(6)13(14(20)21)17(4,5)11-8-7-9-12(18)10-11/h7-10,13H,1-6H3,(H,20,21). The number of benzene rings is 1. The topological polar surface area (TPSA) is 66.8 Å². The molecule has 0 aliphatic heterocycles. The Hall–Kier alpha value is -1.56. The summed E-state index contributed by atoms with van der Waals surface area (Å²) in [6.45, 7) is 8.83. The van der Waals surface area contributed by atoms with E-state index in [1.165, 1.54) is 7.05 Å². The lowest BCUT2D eigenvalue weighted by Gasteiger charge is -2.38. The number of amides is 1. The van der Waals surface area contributed by atoms with Crippen molar-refractivity contribution in [3.63, 3.8) is 0 Å². The largest absolute Gasteiger partial charge is 0.480 e. The van der Waals surface area contributed by atoms with Crippen molar-refractivity contribution in [3.8, 4) is 0 Å². The molecule has 5 nitrogen and oxygen atoms in total. The van der Waals surface area contributed by atoms with E-state index in [9.17, 15) is 14.7 Å². The summed E-state index contributed by atoms with van der Waals surface area (Å²) in [4.78, 5) is 25.3. The Morgan fingerprint density at radius 3 is 2.22 bits per heavy atom. The molecule has 0 aromatic heterocycles. The van der Waals surface area contributed by atoms with Gasteiger partial charge >= 0.3 is 12.1 Å². The van der Waals surface area contributed by atoms with Gasteiger partial charge in [-0.1, -0.05) is 41.9 Å². The number of rotatable bonds is 4. The minimum Gasteiger partial charge on any atom is -0.480 e. The van der Waals surface area contributed by atoms with Gasteiger partial charge in [-0.25, -0.2) is 9.59 Å². The van der Waals surface area contributed by atoms with E-state index in [1.54, 1.807) is 34.6 Å². The molecule has 1 amide bonds. The first-order valence-corrected chi connectivity index (χ1v) is 8.10. The van der Waals surface area contributed by atoms with Gasteiger partial charge in [-0.05, 0) is 38.5 Å². The zero-order valence-electron chi connectivity index (χ0n) is 14.4. The van der Waals surface area contributed by atoms with Crippen LogP contribution in [0.1, 0.15) is 40.2 Å². The number of halogens is 1. The molecule has 23 heavy (non-hydrogen) atoms. The van der Waals surface area contributed by atoms with Crippen LogP contribution in [0.4, 0.5) is 4.79 Å². The van der Waals surface area contributed by atoms with Crippen LogP contribution in [0.15, 0.2) is 28.7 Å². The van der Waals surface area contributed by atoms with Gasteiger partial charge in [-0.3, -0.25) is 4.90 Å². The van der Waals surface area contributed by atoms with E-state index in [1.807, 2.05) is 24.3 Å². The van der Waals surface area contributed by atoms with E-state index >= 15 is 0 Å². The van der Waals surface area contributed by atoms with Gasteiger partial charge in [0.2, 0.25) is 0 Å². The van der Waals surface area contributed by atoms with Crippen LogP contribution in [-0.4, -0.2) is 40.8 Å². The van der Waals surface area contributed by atoms with Crippen LogP contribution >= 0.6 is 15.9 Å². The quantitative estimate of drug-likeness (QED) is 0.848. The summed E-state index contributed by atoms with van der Waals surface area (Å²) < 4.78 is 6.15. The number of nitrogens with zero attached hydrogens (tertiary/aromatic N) is 1. The van der Waals surface area contributed by atoms with Gasteiger partial charge < -0.3 is 9.84 Å². The second-order valence-electron chi connectivity index (χ2n) is 7.06. The van der Waals surface area contributed by atoms with E-state index < -0.39 is 29.1 Å². The Balaban J connectivity index is 3.19. The number of hydrogen-bond donors (Lipinski definition) is 1. The van der Waals surface area contributed by atoms with Crippen LogP contribution in [0.3, 0.4) is 0 Å². The summed E-state index contributed by atoms with van der Waals surface area (Å²) in [6.07, 6.45) is -0.659.